The van der Waals surface area contributed by atoms with E-state index in [0.29, 0.717) is 18.4 Å². The summed E-state index contributed by atoms with van der Waals surface area (Å²) in [5.41, 5.74) is 0. The highest BCUT2D eigenvalue weighted by Gasteiger charge is 2.31. The third-order valence-corrected chi connectivity index (χ3v) is 4.19. The lowest BCUT2D eigenvalue weighted by molar-refractivity contribution is 0.201. The molecular formula is C16H26N6O. The molecule has 0 spiro atoms. The maximum atomic E-state index is 5.39. The van der Waals surface area contributed by atoms with Gasteiger partial charge in [-0.3, -0.25) is 4.90 Å². The molecule has 0 aromatic carbocycles. The first-order chi connectivity index (χ1) is 11.2. The van der Waals surface area contributed by atoms with Gasteiger partial charge in [0.1, 0.15) is 12.2 Å². The van der Waals surface area contributed by atoms with Crippen LogP contribution < -0.4 is 0 Å². The third kappa shape index (κ3) is 3.77. The number of nitrogens with zero attached hydrogens (tertiary/aromatic N) is 6. The van der Waals surface area contributed by atoms with E-state index in [4.69, 9.17) is 4.52 Å². The van der Waals surface area contributed by atoms with Crippen LogP contribution in [0.2, 0.25) is 0 Å². The first-order valence-corrected chi connectivity index (χ1v) is 8.60. The van der Waals surface area contributed by atoms with Crippen molar-refractivity contribution >= 4 is 0 Å². The molecule has 1 unspecified atom stereocenters. The van der Waals surface area contributed by atoms with Gasteiger partial charge in [-0.15, -0.1) is 10.2 Å². The normalized spacial score (nSPS) is 19.0. The fourth-order valence-corrected chi connectivity index (χ4v) is 3.22. The van der Waals surface area contributed by atoms with Crippen molar-refractivity contribution in [1.82, 2.24) is 29.8 Å². The minimum atomic E-state index is 0.290. The van der Waals surface area contributed by atoms with Gasteiger partial charge in [0, 0.05) is 13.0 Å². The zero-order valence-electron chi connectivity index (χ0n) is 14.3. The summed E-state index contributed by atoms with van der Waals surface area (Å²) in [6.07, 6.45) is 6.01. The van der Waals surface area contributed by atoms with Crippen LogP contribution in [-0.2, 0) is 19.5 Å². The van der Waals surface area contributed by atoms with Gasteiger partial charge in [-0.2, -0.15) is 4.98 Å². The van der Waals surface area contributed by atoms with Gasteiger partial charge in [-0.25, -0.2) is 0 Å². The molecule has 3 rings (SSSR count). The predicted molar refractivity (Wildman–Crippen MR) is 85.5 cm³/mol. The van der Waals surface area contributed by atoms with Crippen molar-refractivity contribution in [2.45, 2.75) is 65.6 Å². The molecule has 1 atom stereocenters. The van der Waals surface area contributed by atoms with Crippen molar-refractivity contribution in [3.05, 3.63) is 23.9 Å². The molecule has 1 aliphatic heterocycles. The molecule has 2 aromatic rings. The number of likely N-dealkylation sites (tertiary alicyclic amines) is 1. The van der Waals surface area contributed by atoms with Gasteiger partial charge in [0.25, 0.3) is 0 Å². The SMILES string of the molecule is CCCc1noc(CN2CCCC2c2nncn2CC(C)C)n1. The molecule has 1 fully saturated rings. The van der Waals surface area contributed by atoms with Crippen LogP contribution in [0, 0.1) is 5.92 Å². The second kappa shape index (κ2) is 7.21. The Hall–Kier alpha value is -1.76. The van der Waals surface area contributed by atoms with E-state index in [9.17, 15) is 0 Å². The topological polar surface area (TPSA) is 72.9 Å². The van der Waals surface area contributed by atoms with Gasteiger partial charge in [-0.05, 0) is 31.7 Å². The fraction of sp³-hybridized carbons (Fsp3) is 0.750. The number of aromatic nitrogens is 5. The minimum Gasteiger partial charge on any atom is -0.338 e. The highest BCUT2D eigenvalue weighted by atomic mass is 16.5. The average Bonchev–Trinajstić information content (AvgIpc) is 3.21. The fourth-order valence-electron chi connectivity index (χ4n) is 3.22. The summed E-state index contributed by atoms with van der Waals surface area (Å²) < 4.78 is 7.58. The summed E-state index contributed by atoms with van der Waals surface area (Å²) in [4.78, 5) is 6.87. The number of rotatable bonds is 7. The van der Waals surface area contributed by atoms with Crippen molar-refractivity contribution in [2.24, 2.45) is 5.92 Å². The number of hydrogen-bond acceptors (Lipinski definition) is 6. The molecule has 7 heteroatoms. The molecule has 1 saturated heterocycles. The summed E-state index contributed by atoms with van der Waals surface area (Å²) >= 11 is 0. The summed E-state index contributed by atoms with van der Waals surface area (Å²) in [6.45, 7) is 9.22. The minimum absolute atomic E-state index is 0.290. The molecular weight excluding hydrogens is 292 g/mol. The first-order valence-electron chi connectivity index (χ1n) is 8.60. The van der Waals surface area contributed by atoms with Gasteiger partial charge < -0.3 is 9.09 Å². The van der Waals surface area contributed by atoms with Crippen LogP contribution >= 0.6 is 0 Å². The Bertz CT molecular complexity index is 620. The Morgan fingerprint density at radius 2 is 2.26 bits per heavy atom. The Morgan fingerprint density at radius 1 is 1.39 bits per heavy atom. The first kappa shape index (κ1) is 16.1. The van der Waals surface area contributed by atoms with Crippen molar-refractivity contribution < 1.29 is 4.52 Å². The van der Waals surface area contributed by atoms with Crippen LogP contribution in [0.25, 0.3) is 0 Å². The largest absolute Gasteiger partial charge is 0.338 e. The van der Waals surface area contributed by atoms with Crippen LogP contribution in [0.15, 0.2) is 10.9 Å². The maximum Gasteiger partial charge on any atom is 0.240 e. The van der Waals surface area contributed by atoms with Crippen molar-refractivity contribution in [3.63, 3.8) is 0 Å². The summed E-state index contributed by atoms with van der Waals surface area (Å²) in [6, 6.07) is 0.290. The third-order valence-electron chi connectivity index (χ3n) is 4.19. The van der Waals surface area contributed by atoms with Crippen molar-refractivity contribution in [3.8, 4) is 0 Å². The molecule has 0 N–H and O–H groups in total. The number of hydrogen-bond donors (Lipinski definition) is 0. The predicted octanol–water partition coefficient (Wildman–Crippen LogP) is 2.61. The van der Waals surface area contributed by atoms with E-state index in [2.05, 4.69) is 50.6 Å². The molecule has 0 radical (unpaired) electrons. The molecule has 0 amide bonds. The Labute approximate surface area is 137 Å². The van der Waals surface area contributed by atoms with Gasteiger partial charge in [0.2, 0.25) is 5.89 Å². The standard InChI is InChI=1S/C16H26N6O/c1-4-6-14-18-15(23-20-14)10-21-8-5-7-13(21)16-19-17-11-22(16)9-12(2)3/h11-13H,4-10H2,1-3H3. The summed E-state index contributed by atoms with van der Waals surface area (Å²) in [5.74, 6) is 3.15. The van der Waals surface area contributed by atoms with Crippen LogP contribution in [-0.4, -0.2) is 36.3 Å². The van der Waals surface area contributed by atoms with Crippen LogP contribution in [0.3, 0.4) is 0 Å². The molecule has 3 heterocycles. The average molecular weight is 318 g/mol. The zero-order chi connectivity index (χ0) is 16.2. The molecule has 23 heavy (non-hydrogen) atoms. The van der Waals surface area contributed by atoms with Crippen LogP contribution in [0.1, 0.15) is 63.6 Å². The lowest BCUT2D eigenvalue weighted by atomic mass is 10.2. The zero-order valence-corrected chi connectivity index (χ0v) is 14.3. The lowest BCUT2D eigenvalue weighted by Gasteiger charge is -2.23. The van der Waals surface area contributed by atoms with E-state index in [1.165, 1.54) is 0 Å². The molecule has 2 aromatic heterocycles. The molecule has 7 nitrogen and oxygen atoms in total. The highest BCUT2D eigenvalue weighted by molar-refractivity contribution is 5.00. The van der Waals surface area contributed by atoms with Crippen LogP contribution in [0.5, 0.6) is 0 Å². The van der Waals surface area contributed by atoms with E-state index >= 15 is 0 Å². The molecule has 0 saturated carbocycles. The van der Waals surface area contributed by atoms with Crippen molar-refractivity contribution in [1.29, 1.82) is 0 Å². The van der Waals surface area contributed by atoms with Gasteiger partial charge in [-0.1, -0.05) is 25.9 Å². The molecule has 126 valence electrons. The van der Waals surface area contributed by atoms with Gasteiger partial charge in [0.05, 0.1) is 12.6 Å². The van der Waals surface area contributed by atoms with E-state index in [1.54, 1.807) is 0 Å². The van der Waals surface area contributed by atoms with E-state index in [-0.39, 0.29) is 6.04 Å². The number of aryl methyl sites for hydroxylation is 1. The Balaban J connectivity index is 1.71. The monoisotopic (exact) mass is 318 g/mol. The lowest BCUT2D eigenvalue weighted by Crippen LogP contribution is -2.26. The van der Waals surface area contributed by atoms with E-state index in [1.807, 2.05) is 6.33 Å². The summed E-state index contributed by atoms with van der Waals surface area (Å²) in [7, 11) is 0. The Kier molecular flexibility index (Phi) is 5.05. The smallest absolute Gasteiger partial charge is 0.240 e. The van der Waals surface area contributed by atoms with E-state index < -0.39 is 0 Å². The van der Waals surface area contributed by atoms with E-state index in [0.717, 1.165) is 50.4 Å². The maximum absolute atomic E-state index is 5.39. The quantitative estimate of drug-likeness (QED) is 0.781. The van der Waals surface area contributed by atoms with Gasteiger partial charge in [0.15, 0.2) is 5.82 Å². The second-order valence-electron chi connectivity index (χ2n) is 6.72. The molecule has 1 aliphatic rings. The highest BCUT2D eigenvalue weighted by Crippen LogP contribution is 2.32. The van der Waals surface area contributed by atoms with Crippen molar-refractivity contribution in [2.75, 3.05) is 6.54 Å². The molecule has 0 bridgehead atoms. The van der Waals surface area contributed by atoms with Gasteiger partial charge >= 0.3 is 0 Å². The summed E-state index contributed by atoms with van der Waals surface area (Å²) in [5, 5.41) is 12.6. The van der Waals surface area contributed by atoms with Crippen LogP contribution in [0.4, 0.5) is 0 Å². The second-order valence-corrected chi connectivity index (χ2v) is 6.72. The molecule has 0 aliphatic carbocycles. The Morgan fingerprint density at radius 3 is 3.04 bits per heavy atom.